The fourth-order valence-corrected chi connectivity index (χ4v) is 14.2. The fourth-order valence-electron chi connectivity index (χ4n) is 5.82. The zero-order chi connectivity index (χ0) is 31.8. The van der Waals surface area contributed by atoms with E-state index in [4.69, 9.17) is 9.47 Å². The Labute approximate surface area is 271 Å². The second kappa shape index (κ2) is 14.2. The average molecular weight is 643 g/mol. The molecule has 6 rings (SSSR count). The minimum atomic E-state index is -3.67. The van der Waals surface area contributed by atoms with Crippen molar-refractivity contribution >= 4 is 35.5 Å². The predicted molar refractivity (Wildman–Crippen MR) is 191 cm³/mol. The van der Waals surface area contributed by atoms with E-state index in [2.05, 4.69) is 0 Å². The molecule has 0 fully saturated rings. The number of para-hydroxylation sites is 2. The van der Waals surface area contributed by atoms with Crippen LogP contribution in [0.5, 0.6) is 11.5 Å². The van der Waals surface area contributed by atoms with Gasteiger partial charge in [-0.2, -0.15) is 0 Å². The molecule has 0 aliphatic heterocycles. The van der Waals surface area contributed by atoms with E-state index in [0.29, 0.717) is 45.9 Å². The Hall–Kier alpha value is -4.62. The van der Waals surface area contributed by atoms with E-state index in [0.717, 1.165) is 11.1 Å². The second-order valence-electron chi connectivity index (χ2n) is 11.1. The molecule has 0 aliphatic rings. The van der Waals surface area contributed by atoms with Crippen LogP contribution in [0.3, 0.4) is 0 Å². The minimum absolute atomic E-state index is 0.313. The summed E-state index contributed by atoms with van der Waals surface area (Å²) >= 11 is 0. The lowest BCUT2D eigenvalue weighted by molar-refractivity contribution is 0.308. The Morgan fingerprint density at radius 3 is 1.11 bits per heavy atom. The topological polar surface area (TPSA) is 52.6 Å². The van der Waals surface area contributed by atoms with Gasteiger partial charge in [-0.15, -0.1) is 0 Å². The van der Waals surface area contributed by atoms with E-state index in [-0.39, 0.29) is 0 Å². The molecule has 0 heterocycles. The molecule has 0 radical (unpaired) electrons. The molecule has 46 heavy (non-hydrogen) atoms. The first kappa shape index (κ1) is 31.4. The molecule has 2 unspecified atom stereocenters. The summed E-state index contributed by atoms with van der Waals surface area (Å²) in [5.74, 6) is 1.03. The number of benzene rings is 6. The maximum atomic E-state index is 16.1. The van der Waals surface area contributed by atoms with Crippen molar-refractivity contribution in [3.05, 3.63) is 181 Å². The highest BCUT2D eigenvalue weighted by Crippen LogP contribution is 2.67. The molecule has 0 N–H and O–H groups in total. The van der Waals surface area contributed by atoms with Crippen LogP contribution in [-0.2, 0) is 22.3 Å². The van der Waals surface area contributed by atoms with Crippen molar-refractivity contribution in [3.8, 4) is 11.5 Å². The van der Waals surface area contributed by atoms with Gasteiger partial charge in [0.1, 0.15) is 24.7 Å². The van der Waals surface area contributed by atoms with Gasteiger partial charge >= 0.3 is 0 Å². The van der Waals surface area contributed by atoms with Gasteiger partial charge in [-0.1, -0.05) is 146 Å². The molecule has 230 valence electrons. The first-order valence-corrected chi connectivity index (χ1v) is 18.9. The summed E-state index contributed by atoms with van der Waals surface area (Å²) in [5.41, 5.74) is 2.00. The maximum Gasteiger partial charge on any atom is 0.157 e. The van der Waals surface area contributed by atoms with Gasteiger partial charge in [0.2, 0.25) is 0 Å². The first-order chi connectivity index (χ1) is 22.5. The molecular weight excluding hydrogens is 606 g/mol. The van der Waals surface area contributed by atoms with E-state index in [1.165, 1.54) is 0 Å². The third-order valence-corrected chi connectivity index (χ3v) is 16.6. The van der Waals surface area contributed by atoms with E-state index in [1.54, 1.807) is 0 Å². The summed E-state index contributed by atoms with van der Waals surface area (Å²) in [5, 5.41) is 1.49. The van der Waals surface area contributed by atoms with E-state index in [1.807, 2.05) is 177 Å². The molecule has 6 heteroatoms. The standard InChI is InChI=1S/C40H36O4P2/c1-32(45(41,35-22-10-4-11-23-35)39-28-16-14-26-37(39)43-30-33-18-6-2-7-19-33)46(42,36-24-12-5-13-25-36)40-29-17-15-27-38(40)44-31-34-20-8-3-9-21-34/h2-29,32H,30-31H2,1H3. The molecule has 4 nitrogen and oxygen atoms in total. The zero-order valence-electron chi connectivity index (χ0n) is 25.7. The van der Waals surface area contributed by atoms with Crippen molar-refractivity contribution in [2.24, 2.45) is 0 Å². The lowest BCUT2D eigenvalue weighted by Gasteiger charge is -2.34. The number of ether oxygens (including phenoxy) is 2. The highest BCUT2D eigenvalue weighted by atomic mass is 31.2. The summed E-state index contributed by atoms with van der Waals surface area (Å²) in [6, 6.07) is 53.5. The Morgan fingerprint density at radius 1 is 0.435 bits per heavy atom. The molecule has 6 aromatic carbocycles. The van der Waals surface area contributed by atoms with Crippen LogP contribution in [0.4, 0.5) is 0 Å². The highest BCUT2D eigenvalue weighted by Gasteiger charge is 2.49. The molecule has 0 saturated heterocycles. The first-order valence-electron chi connectivity index (χ1n) is 15.3. The van der Waals surface area contributed by atoms with Gasteiger partial charge < -0.3 is 18.6 Å². The molecule has 0 saturated carbocycles. The Balaban J connectivity index is 1.51. The van der Waals surface area contributed by atoms with Crippen LogP contribution in [0.2, 0.25) is 0 Å². The summed E-state index contributed by atoms with van der Waals surface area (Å²) < 4.78 is 45.1. The quantitative estimate of drug-likeness (QED) is 0.126. The van der Waals surface area contributed by atoms with Gasteiger partial charge in [0, 0.05) is 10.6 Å². The van der Waals surface area contributed by atoms with Crippen LogP contribution in [0.15, 0.2) is 170 Å². The van der Waals surface area contributed by atoms with Gasteiger partial charge in [-0.25, -0.2) is 0 Å². The van der Waals surface area contributed by atoms with E-state index < -0.39 is 19.7 Å². The Morgan fingerprint density at radius 2 is 0.739 bits per heavy atom. The highest BCUT2D eigenvalue weighted by molar-refractivity contribution is 7.95. The van der Waals surface area contributed by atoms with Crippen molar-refractivity contribution in [2.75, 3.05) is 0 Å². The van der Waals surface area contributed by atoms with Crippen molar-refractivity contribution in [1.82, 2.24) is 0 Å². The van der Waals surface area contributed by atoms with Crippen molar-refractivity contribution in [3.63, 3.8) is 0 Å². The van der Waals surface area contributed by atoms with Gasteiger partial charge in [-0.3, -0.25) is 0 Å². The molecular formula is C40H36O4P2. The second-order valence-corrected chi connectivity index (χ2v) is 17.7. The molecule has 2 atom stereocenters. The third-order valence-electron chi connectivity index (χ3n) is 8.25. The summed E-state index contributed by atoms with van der Waals surface area (Å²) in [6.45, 7) is 2.49. The lowest BCUT2D eigenvalue weighted by Crippen LogP contribution is -2.32. The summed E-state index contributed by atoms with van der Waals surface area (Å²) in [4.78, 5) is 0. The van der Waals surface area contributed by atoms with Gasteiger partial charge in [0.05, 0.1) is 16.0 Å². The third kappa shape index (κ3) is 6.38. The molecule has 0 spiro atoms. The monoisotopic (exact) mass is 642 g/mol. The predicted octanol–water partition coefficient (Wildman–Crippen LogP) is 8.52. The van der Waals surface area contributed by atoms with Crippen LogP contribution in [0.25, 0.3) is 0 Å². The van der Waals surface area contributed by atoms with Crippen molar-refractivity contribution in [1.29, 1.82) is 0 Å². The van der Waals surface area contributed by atoms with Crippen molar-refractivity contribution < 1.29 is 18.6 Å². The molecule has 6 aromatic rings. The van der Waals surface area contributed by atoms with Crippen LogP contribution in [0.1, 0.15) is 18.1 Å². The Kier molecular flexibility index (Phi) is 9.69. The molecule has 0 bridgehead atoms. The molecule has 0 aromatic heterocycles. The summed E-state index contributed by atoms with van der Waals surface area (Å²) in [6.07, 6.45) is 0. The van der Waals surface area contributed by atoms with E-state index in [9.17, 15) is 0 Å². The zero-order valence-corrected chi connectivity index (χ0v) is 27.5. The average Bonchev–Trinajstić information content (AvgIpc) is 3.14. The van der Waals surface area contributed by atoms with Crippen LogP contribution >= 0.6 is 14.3 Å². The van der Waals surface area contributed by atoms with Gasteiger partial charge in [0.25, 0.3) is 0 Å². The Bertz CT molecular complexity index is 1820. The van der Waals surface area contributed by atoms with Crippen molar-refractivity contribution in [2.45, 2.75) is 25.5 Å². The molecule has 0 aliphatic carbocycles. The normalized spacial score (nSPS) is 14.4. The van der Waals surface area contributed by atoms with Gasteiger partial charge in [-0.05, 0) is 42.3 Å². The molecule has 0 amide bonds. The van der Waals surface area contributed by atoms with E-state index >= 15 is 9.13 Å². The van der Waals surface area contributed by atoms with Gasteiger partial charge in [0.15, 0.2) is 14.3 Å². The number of hydrogen-bond donors (Lipinski definition) is 0. The maximum absolute atomic E-state index is 16.1. The fraction of sp³-hybridized carbons (Fsp3) is 0.100. The lowest BCUT2D eigenvalue weighted by atomic mass is 10.2. The van der Waals surface area contributed by atoms with Crippen LogP contribution in [0, 0.1) is 0 Å². The summed E-state index contributed by atoms with van der Waals surface area (Å²) in [7, 11) is -7.33. The minimum Gasteiger partial charge on any atom is -0.488 e. The largest absolute Gasteiger partial charge is 0.488 e. The smallest absolute Gasteiger partial charge is 0.157 e. The SMILES string of the molecule is CC(P(=O)(c1ccccc1)c1ccccc1OCc1ccccc1)P(=O)(c1ccccc1)c1ccccc1OCc1ccccc1. The van der Waals surface area contributed by atoms with Crippen LogP contribution in [-0.4, -0.2) is 5.40 Å². The number of hydrogen-bond acceptors (Lipinski definition) is 4. The number of rotatable bonds is 12. The van der Waals surface area contributed by atoms with Crippen LogP contribution < -0.4 is 30.7 Å².